The molecule has 1 saturated heterocycles. The molecule has 156 valence electrons. The Hall–Kier alpha value is -2.79. The molecule has 29 heavy (non-hydrogen) atoms. The molecule has 1 aliphatic rings. The van der Waals surface area contributed by atoms with E-state index >= 15 is 0 Å². The lowest BCUT2D eigenvalue weighted by molar-refractivity contribution is -0.114. The van der Waals surface area contributed by atoms with Crippen LogP contribution in [0.3, 0.4) is 0 Å². The van der Waals surface area contributed by atoms with Gasteiger partial charge in [-0.2, -0.15) is 0 Å². The number of piperidine rings is 1. The molecule has 1 aliphatic heterocycles. The molecular formula is C24H33N3O2. The van der Waals surface area contributed by atoms with Gasteiger partial charge < -0.3 is 19.9 Å². The quantitative estimate of drug-likeness (QED) is 0.397. The summed E-state index contributed by atoms with van der Waals surface area (Å²) in [6, 6.07) is 2.38. The lowest BCUT2D eigenvalue weighted by Crippen LogP contribution is -2.39. The molecule has 2 N–H and O–H groups in total. The molecule has 0 bridgehead atoms. The average Bonchev–Trinajstić information content (AvgIpc) is 3.08. The maximum absolute atomic E-state index is 11.6. The Morgan fingerprint density at radius 1 is 1.38 bits per heavy atom. The van der Waals surface area contributed by atoms with Gasteiger partial charge in [-0.05, 0) is 55.2 Å². The minimum atomic E-state index is -0.421. The van der Waals surface area contributed by atoms with Crippen molar-refractivity contribution in [1.82, 2.24) is 9.47 Å². The van der Waals surface area contributed by atoms with Crippen molar-refractivity contribution in [1.29, 1.82) is 0 Å². The minimum Gasteiger partial charge on any atom is -0.497 e. The summed E-state index contributed by atoms with van der Waals surface area (Å²) in [5.74, 6) is 0.371. The number of carbonyl (C=O) groups excluding carboxylic acids is 1. The van der Waals surface area contributed by atoms with Crippen molar-refractivity contribution in [3.63, 3.8) is 0 Å². The predicted molar refractivity (Wildman–Crippen MR) is 120 cm³/mol. The zero-order chi connectivity index (χ0) is 21.4. The zero-order valence-electron chi connectivity index (χ0n) is 17.7. The van der Waals surface area contributed by atoms with Crippen LogP contribution >= 0.6 is 0 Å². The molecule has 1 fully saturated rings. The Morgan fingerprint density at radius 2 is 2.07 bits per heavy atom. The number of aromatic nitrogens is 1. The van der Waals surface area contributed by atoms with Crippen LogP contribution in [-0.2, 0) is 9.53 Å². The first-order chi connectivity index (χ1) is 13.9. The second-order valence-electron chi connectivity index (χ2n) is 7.28. The summed E-state index contributed by atoms with van der Waals surface area (Å²) >= 11 is 0. The van der Waals surface area contributed by atoms with Gasteiger partial charge in [0.25, 0.3) is 0 Å². The number of allylic oxidation sites excluding steroid dienone is 4. The first kappa shape index (κ1) is 22.5. The number of hydrogen-bond acceptors (Lipinski definition) is 3. The molecule has 1 amide bonds. The van der Waals surface area contributed by atoms with Crippen LogP contribution < -0.4 is 16.3 Å². The highest BCUT2D eigenvalue weighted by atomic mass is 16.5. The SMILES string of the molecule is C=C/C=C(/OC)C(=C)CCN1CCC(n2ccc(=C)/c2=C\C(=C/C)C(N)=O)CC1. The molecule has 5 heteroatoms. The van der Waals surface area contributed by atoms with Gasteiger partial charge >= 0.3 is 0 Å². The van der Waals surface area contributed by atoms with Gasteiger partial charge in [-0.15, -0.1) is 0 Å². The second kappa shape index (κ2) is 10.7. The smallest absolute Gasteiger partial charge is 0.248 e. The summed E-state index contributed by atoms with van der Waals surface area (Å²) in [6.07, 6.45) is 12.2. The average molecular weight is 396 g/mol. The molecule has 0 spiro atoms. The van der Waals surface area contributed by atoms with Crippen LogP contribution in [0.2, 0.25) is 0 Å². The van der Waals surface area contributed by atoms with E-state index in [1.54, 1.807) is 19.3 Å². The van der Waals surface area contributed by atoms with Crippen molar-refractivity contribution in [2.45, 2.75) is 32.2 Å². The molecule has 0 unspecified atom stereocenters. The van der Waals surface area contributed by atoms with Gasteiger partial charge in [-0.1, -0.05) is 31.9 Å². The molecule has 0 atom stereocenters. The Bertz CT molecular complexity index is 912. The van der Waals surface area contributed by atoms with Crippen LogP contribution in [0.15, 0.2) is 60.6 Å². The third-order valence-corrected chi connectivity index (χ3v) is 5.45. The Labute approximate surface area is 173 Å². The van der Waals surface area contributed by atoms with Crippen LogP contribution in [-0.4, -0.2) is 42.1 Å². The summed E-state index contributed by atoms with van der Waals surface area (Å²) in [5.41, 5.74) is 6.96. The highest BCUT2D eigenvalue weighted by molar-refractivity contribution is 6.00. The van der Waals surface area contributed by atoms with Crippen molar-refractivity contribution >= 4 is 18.6 Å². The molecule has 5 nitrogen and oxygen atoms in total. The fraction of sp³-hybridized carbons (Fsp3) is 0.375. The number of hydrogen-bond donors (Lipinski definition) is 1. The highest BCUT2D eigenvalue weighted by Crippen LogP contribution is 2.22. The largest absolute Gasteiger partial charge is 0.497 e. The number of likely N-dealkylation sites (tertiary alicyclic amines) is 1. The highest BCUT2D eigenvalue weighted by Gasteiger charge is 2.21. The number of primary amides is 1. The third-order valence-electron chi connectivity index (χ3n) is 5.45. The van der Waals surface area contributed by atoms with E-state index in [4.69, 9.17) is 10.5 Å². The normalized spacial score (nSPS) is 17.4. The van der Waals surface area contributed by atoms with Crippen LogP contribution in [0.25, 0.3) is 12.7 Å². The van der Waals surface area contributed by atoms with Crippen LogP contribution in [0, 0.1) is 0 Å². The summed E-state index contributed by atoms with van der Waals surface area (Å²) in [4.78, 5) is 14.1. The van der Waals surface area contributed by atoms with E-state index in [9.17, 15) is 4.79 Å². The minimum absolute atomic E-state index is 0.386. The van der Waals surface area contributed by atoms with Crippen LogP contribution in [0.1, 0.15) is 32.2 Å². The summed E-state index contributed by atoms with van der Waals surface area (Å²) in [6.45, 7) is 16.8. The van der Waals surface area contributed by atoms with Gasteiger partial charge in [-0.3, -0.25) is 4.79 Å². The molecule has 0 radical (unpaired) electrons. The summed E-state index contributed by atoms with van der Waals surface area (Å²) in [7, 11) is 1.66. The van der Waals surface area contributed by atoms with Crippen LogP contribution in [0.4, 0.5) is 0 Å². The van der Waals surface area contributed by atoms with Gasteiger partial charge in [0.15, 0.2) is 0 Å². The fourth-order valence-electron chi connectivity index (χ4n) is 3.71. The van der Waals surface area contributed by atoms with Crippen molar-refractivity contribution in [3.05, 3.63) is 71.1 Å². The van der Waals surface area contributed by atoms with Gasteiger partial charge in [0, 0.05) is 42.8 Å². The molecule has 2 heterocycles. The lowest BCUT2D eigenvalue weighted by Gasteiger charge is -2.33. The first-order valence-corrected chi connectivity index (χ1v) is 10.0. The topological polar surface area (TPSA) is 60.5 Å². The van der Waals surface area contributed by atoms with E-state index in [0.29, 0.717) is 11.6 Å². The van der Waals surface area contributed by atoms with Gasteiger partial charge in [0.1, 0.15) is 5.76 Å². The lowest BCUT2D eigenvalue weighted by atomic mass is 10.0. The van der Waals surface area contributed by atoms with E-state index in [2.05, 4.69) is 35.4 Å². The Kier molecular flexibility index (Phi) is 8.28. The van der Waals surface area contributed by atoms with Crippen molar-refractivity contribution in [2.24, 2.45) is 5.73 Å². The third kappa shape index (κ3) is 5.84. The molecule has 0 aromatic carbocycles. The standard InChI is InChI=1S/C24H33N3O2/c1-6-8-23(29-5)19(4)9-13-26-14-11-21(12-15-26)27-16-10-18(3)22(27)17-20(7-2)24(25)28/h6-8,10,16-17,21H,1,3-4,9,11-15H2,2,5H3,(H2,25,28)/b20-7+,22-17+,23-8+. The molecular weight excluding hydrogens is 362 g/mol. The second-order valence-corrected chi connectivity index (χ2v) is 7.28. The predicted octanol–water partition coefficient (Wildman–Crippen LogP) is 2.41. The number of nitrogens with two attached hydrogens (primary N) is 1. The number of nitrogens with zero attached hydrogens (tertiary/aromatic N) is 2. The number of methoxy groups -OCH3 is 1. The molecule has 0 saturated carbocycles. The number of ether oxygens (including phenoxy) is 1. The van der Waals surface area contributed by atoms with Crippen molar-refractivity contribution in [3.8, 4) is 0 Å². The zero-order valence-corrected chi connectivity index (χ0v) is 17.7. The van der Waals surface area contributed by atoms with Gasteiger partial charge in [0.2, 0.25) is 5.91 Å². The van der Waals surface area contributed by atoms with E-state index in [1.165, 1.54) is 0 Å². The summed E-state index contributed by atoms with van der Waals surface area (Å²) < 4.78 is 7.60. The maximum atomic E-state index is 11.6. The number of rotatable bonds is 9. The molecule has 2 rings (SSSR count). The molecule has 1 aromatic rings. The monoisotopic (exact) mass is 395 g/mol. The molecule has 1 aromatic heterocycles. The van der Waals surface area contributed by atoms with E-state index in [1.807, 2.05) is 25.1 Å². The number of amides is 1. The molecule has 0 aliphatic carbocycles. The summed E-state index contributed by atoms with van der Waals surface area (Å²) in [5, 5.41) is 1.87. The Morgan fingerprint density at radius 3 is 2.62 bits per heavy atom. The fourth-order valence-corrected chi connectivity index (χ4v) is 3.71. The van der Waals surface area contributed by atoms with E-state index in [-0.39, 0.29) is 0 Å². The van der Waals surface area contributed by atoms with Gasteiger partial charge in [-0.25, -0.2) is 0 Å². The van der Waals surface area contributed by atoms with Crippen molar-refractivity contribution in [2.75, 3.05) is 26.7 Å². The van der Waals surface area contributed by atoms with E-state index < -0.39 is 5.91 Å². The van der Waals surface area contributed by atoms with Gasteiger partial charge in [0.05, 0.1) is 7.11 Å². The van der Waals surface area contributed by atoms with Crippen LogP contribution in [0.5, 0.6) is 0 Å². The maximum Gasteiger partial charge on any atom is 0.248 e. The van der Waals surface area contributed by atoms with Crippen molar-refractivity contribution < 1.29 is 9.53 Å². The first-order valence-electron chi connectivity index (χ1n) is 10.0. The number of carbonyl (C=O) groups is 1. The Balaban J connectivity index is 2.02. The van der Waals surface area contributed by atoms with E-state index in [0.717, 1.165) is 60.8 Å².